The molecule has 1 aromatic carbocycles. The molecule has 1 fully saturated rings. The third-order valence-electron chi connectivity index (χ3n) is 3.34. The van der Waals surface area contributed by atoms with Crippen LogP contribution in [0.2, 0.25) is 0 Å². The van der Waals surface area contributed by atoms with Crippen molar-refractivity contribution in [1.82, 2.24) is 10.3 Å². The molecule has 0 saturated heterocycles. The highest BCUT2D eigenvalue weighted by Gasteiger charge is 2.20. The highest BCUT2D eigenvalue weighted by molar-refractivity contribution is 9.11. The van der Waals surface area contributed by atoms with Crippen molar-refractivity contribution >= 4 is 31.9 Å². The van der Waals surface area contributed by atoms with E-state index in [0.717, 1.165) is 26.8 Å². The molecule has 3 rings (SSSR count). The molecule has 0 spiro atoms. The zero-order chi connectivity index (χ0) is 14.7. The standard InChI is InChI=1S/C16H16Br2N2O/c17-14-6-12(9-20-13-3-4-13)7-15(18)16(14)21-10-11-2-1-5-19-8-11/h1-2,5-8,13,20H,3-4,9-10H2. The van der Waals surface area contributed by atoms with Gasteiger partial charge in [0.05, 0.1) is 8.95 Å². The van der Waals surface area contributed by atoms with Gasteiger partial charge in [0.2, 0.25) is 0 Å². The van der Waals surface area contributed by atoms with E-state index in [0.29, 0.717) is 12.6 Å². The number of halogens is 2. The first-order valence-electron chi connectivity index (χ1n) is 6.95. The predicted molar refractivity (Wildman–Crippen MR) is 90.3 cm³/mol. The third-order valence-corrected chi connectivity index (χ3v) is 4.51. The van der Waals surface area contributed by atoms with Crippen molar-refractivity contribution in [2.24, 2.45) is 0 Å². The van der Waals surface area contributed by atoms with E-state index in [9.17, 15) is 0 Å². The topological polar surface area (TPSA) is 34.1 Å². The summed E-state index contributed by atoms with van der Waals surface area (Å²) in [6.45, 7) is 1.40. The zero-order valence-electron chi connectivity index (χ0n) is 11.5. The first kappa shape index (κ1) is 15.0. The summed E-state index contributed by atoms with van der Waals surface area (Å²) >= 11 is 7.19. The van der Waals surface area contributed by atoms with Crippen LogP contribution in [0.5, 0.6) is 5.75 Å². The van der Waals surface area contributed by atoms with Gasteiger partial charge in [-0.15, -0.1) is 0 Å². The van der Waals surface area contributed by atoms with Gasteiger partial charge in [-0.05, 0) is 68.5 Å². The summed E-state index contributed by atoms with van der Waals surface area (Å²) in [6, 6.07) is 8.85. The third kappa shape index (κ3) is 4.28. The fourth-order valence-electron chi connectivity index (χ4n) is 2.04. The Morgan fingerprint density at radius 1 is 1.19 bits per heavy atom. The summed E-state index contributed by atoms with van der Waals surface area (Å²) in [7, 11) is 0. The van der Waals surface area contributed by atoms with Crippen LogP contribution in [0.1, 0.15) is 24.0 Å². The van der Waals surface area contributed by atoms with E-state index in [1.54, 1.807) is 6.20 Å². The average molecular weight is 412 g/mol. The maximum absolute atomic E-state index is 5.89. The largest absolute Gasteiger partial charge is 0.486 e. The van der Waals surface area contributed by atoms with Crippen molar-refractivity contribution in [3.8, 4) is 5.75 Å². The van der Waals surface area contributed by atoms with Crippen LogP contribution in [0.15, 0.2) is 45.6 Å². The molecule has 1 aliphatic carbocycles. The van der Waals surface area contributed by atoms with Crippen LogP contribution in [0.3, 0.4) is 0 Å². The maximum Gasteiger partial charge on any atom is 0.148 e. The van der Waals surface area contributed by atoms with Crippen molar-refractivity contribution in [1.29, 1.82) is 0 Å². The normalized spacial score (nSPS) is 14.2. The second-order valence-corrected chi connectivity index (χ2v) is 6.90. The van der Waals surface area contributed by atoms with Crippen molar-refractivity contribution in [2.75, 3.05) is 0 Å². The molecule has 0 amide bonds. The number of hydrogen-bond donors (Lipinski definition) is 1. The van der Waals surface area contributed by atoms with Gasteiger partial charge in [-0.25, -0.2) is 0 Å². The molecule has 1 N–H and O–H groups in total. The van der Waals surface area contributed by atoms with Gasteiger partial charge in [-0.1, -0.05) is 6.07 Å². The van der Waals surface area contributed by atoms with E-state index in [2.05, 4.69) is 54.3 Å². The summed E-state index contributed by atoms with van der Waals surface area (Å²) in [5.74, 6) is 0.828. The molecule has 1 aromatic heterocycles. The second kappa shape index (κ2) is 6.90. The predicted octanol–water partition coefficient (Wildman–Crippen LogP) is 4.44. The van der Waals surface area contributed by atoms with Gasteiger partial charge >= 0.3 is 0 Å². The van der Waals surface area contributed by atoms with Gasteiger partial charge in [0.15, 0.2) is 0 Å². The van der Waals surface area contributed by atoms with Crippen LogP contribution in [0.25, 0.3) is 0 Å². The summed E-state index contributed by atoms with van der Waals surface area (Å²) in [5, 5.41) is 3.51. The highest BCUT2D eigenvalue weighted by Crippen LogP contribution is 2.35. The van der Waals surface area contributed by atoms with Gasteiger partial charge in [-0.3, -0.25) is 4.98 Å². The molecule has 21 heavy (non-hydrogen) atoms. The molecule has 0 unspecified atom stereocenters. The highest BCUT2D eigenvalue weighted by atomic mass is 79.9. The average Bonchev–Trinajstić information content (AvgIpc) is 3.29. The Morgan fingerprint density at radius 2 is 1.95 bits per heavy atom. The van der Waals surface area contributed by atoms with Crippen LogP contribution in [-0.2, 0) is 13.2 Å². The van der Waals surface area contributed by atoms with Crippen molar-refractivity contribution < 1.29 is 4.74 Å². The van der Waals surface area contributed by atoms with Crippen molar-refractivity contribution in [3.63, 3.8) is 0 Å². The van der Waals surface area contributed by atoms with E-state index < -0.39 is 0 Å². The lowest BCUT2D eigenvalue weighted by atomic mass is 10.2. The zero-order valence-corrected chi connectivity index (χ0v) is 14.7. The number of aromatic nitrogens is 1. The monoisotopic (exact) mass is 410 g/mol. The molecule has 0 bridgehead atoms. The van der Waals surface area contributed by atoms with Gasteiger partial charge in [0, 0.05) is 30.5 Å². The molecule has 2 aromatic rings. The van der Waals surface area contributed by atoms with E-state index >= 15 is 0 Å². The Bertz CT molecular complexity index is 592. The minimum Gasteiger partial charge on any atom is -0.486 e. The number of benzene rings is 1. The molecule has 0 radical (unpaired) electrons. The van der Waals surface area contributed by atoms with Crippen LogP contribution in [0, 0.1) is 0 Å². The van der Waals surface area contributed by atoms with E-state index in [1.807, 2.05) is 18.3 Å². The van der Waals surface area contributed by atoms with Crippen LogP contribution >= 0.6 is 31.9 Å². The van der Waals surface area contributed by atoms with Crippen molar-refractivity contribution in [2.45, 2.75) is 32.0 Å². The van der Waals surface area contributed by atoms with E-state index in [4.69, 9.17) is 4.74 Å². The molecular weight excluding hydrogens is 396 g/mol. The van der Waals surface area contributed by atoms with Gasteiger partial charge in [0.1, 0.15) is 12.4 Å². The lowest BCUT2D eigenvalue weighted by Crippen LogP contribution is -2.15. The molecule has 110 valence electrons. The number of nitrogens with one attached hydrogen (secondary N) is 1. The Morgan fingerprint density at radius 3 is 2.57 bits per heavy atom. The molecule has 0 aliphatic heterocycles. The molecule has 0 atom stereocenters. The second-order valence-electron chi connectivity index (χ2n) is 5.19. The molecule has 1 heterocycles. The fourth-order valence-corrected chi connectivity index (χ4v) is 3.55. The lowest BCUT2D eigenvalue weighted by molar-refractivity contribution is 0.301. The fraction of sp³-hybridized carbons (Fsp3) is 0.312. The van der Waals surface area contributed by atoms with Crippen molar-refractivity contribution in [3.05, 3.63) is 56.7 Å². The molecule has 1 aliphatic rings. The number of nitrogens with zero attached hydrogens (tertiary/aromatic N) is 1. The Kier molecular flexibility index (Phi) is 4.93. The summed E-state index contributed by atoms with van der Waals surface area (Å²) in [6.07, 6.45) is 6.18. The van der Waals surface area contributed by atoms with Gasteiger partial charge < -0.3 is 10.1 Å². The summed E-state index contributed by atoms with van der Waals surface area (Å²) in [5.41, 5.74) is 2.30. The van der Waals surface area contributed by atoms with E-state index in [-0.39, 0.29) is 0 Å². The molecule has 1 saturated carbocycles. The Balaban J connectivity index is 1.66. The molecule has 3 nitrogen and oxygen atoms in total. The molecule has 5 heteroatoms. The number of rotatable bonds is 6. The van der Waals surface area contributed by atoms with Crippen LogP contribution in [0.4, 0.5) is 0 Å². The van der Waals surface area contributed by atoms with Gasteiger partial charge in [0.25, 0.3) is 0 Å². The summed E-state index contributed by atoms with van der Waals surface area (Å²) in [4.78, 5) is 4.09. The SMILES string of the molecule is Brc1cc(CNC2CC2)cc(Br)c1OCc1cccnc1. The van der Waals surface area contributed by atoms with E-state index in [1.165, 1.54) is 18.4 Å². The lowest BCUT2D eigenvalue weighted by Gasteiger charge is -2.12. The Hall–Kier alpha value is -0.910. The quantitative estimate of drug-likeness (QED) is 0.762. The van der Waals surface area contributed by atoms with Crippen LogP contribution in [-0.4, -0.2) is 11.0 Å². The maximum atomic E-state index is 5.89. The minimum absolute atomic E-state index is 0.505. The number of pyridine rings is 1. The first-order chi connectivity index (χ1) is 10.2. The van der Waals surface area contributed by atoms with Gasteiger partial charge in [-0.2, -0.15) is 0 Å². The number of hydrogen-bond acceptors (Lipinski definition) is 3. The Labute approximate surface area is 141 Å². The number of ether oxygens (including phenoxy) is 1. The summed E-state index contributed by atoms with van der Waals surface area (Å²) < 4.78 is 7.82. The van der Waals surface area contributed by atoms with Crippen LogP contribution < -0.4 is 10.1 Å². The molecular formula is C16H16Br2N2O. The smallest absolute Gasteiger partial charge is 0.148 e. The first-order valence-corrected chi connectivity index (χ1v) is 8.54. The minimum atomic E-state index is 0.505.